The van der Waals surface area contributed by atoms with Crippen molar-refractivity contribution in [3.05, 3.63) is 59.7 Å². The fourth-order valence-electron chi connectivity index (χ4n) is 2.91. The zero-order valence-electron chi connectivity index (χ0n) is 15.8. The van der Waals surface area contributed by atoms with Gasteiger partial charge in [0.25, 0.3) is 5.91 Å². The van der Waals surface area contributed by atoms with E-state index in [9.17, 15) is 4.79 Å². The van der Waals surface area contributed by atoms with Crippen molar-refractivity contribution in [1.82, 2.24) is 25.1 Å². The molecule has 0 atom stereocenters. The molecule has 7 heteroatoms. The van der Waals surface area contributed by atoms with Crippen LogP contribution in [0.4, 0.5) is 0 Å². The zero-order chi connectivity index (χ0) is 19.2. The SMILES string of the molecule is COc1nccnc1-c1cccc(C(=O)NCCCn2nc(C)cc2C)c1. The van der Waals surface area contributed by atoms with Crippen LogP contribution in [0.15, 0.2) is 42.7 Å². The molecule has 0 aliphatic carbocycles. The number of amides is 1. The summed E-state index contributed by atoms with van der Waals surface area (Å²) in [6.07, 6.45) is 3.98. The number of methoxy groups -OCH3 is 1. The average molecular weight is 365 g/mol. The van der Waals surface area contributed by atoms with E-state index in [1.165, 1.54) is 0 Å². The molecular formula is C20H23N5O2. The van der Waals surface area contributed by atoms with Crippen molar-refractivity contribution in [2.75, 3.05) is 13.7 Å². The number of benzene rings is 1. The summed E-state index contributed by atoms with van der Waals surface area (Å²) >= 11 is 0. The van der Waals surface area contributed by atoms with Crippen molar-refractivity contribution >= 4 is 5.91 Å². The lowest BCUT2D eigenvalue weighted by Gasteiger charge is -2.09. The summed E-state index contributed by atoms with van der Waals surface area (Å²) in [7, 11) is 1.55. The maximum atomic E-state index is 12.5. The largest absolute Gasteiger partial charge is 0.479 e. The molecule has 0 fully saturated rings. The van der Waals surface area contributed by atoms with Gasteiger partial charge in [0, 0.05) is 42.3 Å². The average Bonchev–Trinajstić information content (AvgIpc) is 3.02. The first-order valence-corrected chi connectivity index (χ1v) is 8.83. The van der Waals surface area contributed by atoms with Gasteiger partial charge in [-0.15, -0.1) is 0 Å². The minimum absolute atomic E-state index is 0.118. The van der Waals surface area contributed by atoms with Gasteiger partial charge in [-0.25, -0.2) is 9.97 Å². The highest BCUT2D eigenvalue weighted by molar-refractivity contribution is 5.95. The number of nitrogens with zero attached hydrogens (tertiary/aromatic N) is 4. The number of nitrogens with one attached hydrogen (secondary N) is 1. The summed E-state index contributed by atoms with van der Waals surface area (Å²) in [4.78, 5) is 20.9. The van der Waals surface area contributed by atoms with Gasteiger partial charge in [0.15, 0.2) is 0 Å². The Morgan fingerprint density at radius 2 is 2.00 bits per heavy atom. The van der Waals surface area contributed by atoms with E-state index in [-0.39, 0.29) is 5.91 Å². The van der Waals surface area contributed by atoms with Gasteiger partial charge in [-0.3, -0.25) is 9.48 Å². The second-order valence-corrected chi connectivity index (χ2v) is 6.25. The highest BCUT2D eigenvalue weighted by atomic mass is 16.5. The van der Waals surface area contributed by atoms with Gasteiger partial charge in [-0.1, -0.05) is 12.1 Å². The number of carbonyl (C=O) groups excluding carboxylic acids is 1. The summed E-state index contributed by atoms with van der Waals surface area (Å²) in [5.41, 5.74) is 4.11. The quantitative estimate of drug-likeness (QED) is 0.651. The molecule has 1 amide bonds. The highest BCUT2D eigenvalue weighted by Gasteiger charge is 2.11. The van der Waals surface area contributed by atoms with Crippen molar-refractivity contribution in [3.63, 3.8) is 0 Å². The van der Waals surface area contributed by atoms with Crippen LogP contribution in [0.3, 0.4) is 0 Å². The summed E-state index contributed by atoms with van der Waals surface area (Å²) in [5.74, 6) is 0.313. The monoisotopic (exact) mass is 365 g/mol. The Morgan fingerprint density at radius 1 is 1.19 bits per heavy atom. The Morgan fingerprint density at radius 3 is 2.74 bits per heavy atom. The highest BCUT2D eigenvalue weighted by Crippen LogP contribution is 2.25. The normalized spacial score (nSPS) is 10.6. The van der Waals surface area contributed by atoms with E-state index in [2.05, 4.69) is 20.4 Å². The van der Waals surface area contributed by atoms with E-state index >= 15 is 0 Å². The molecule has 0 unspecified atom stereocenters. The summed E-state index contributed by atoms with van der Waals surface area (Å²) in [6, 6.07) is 9.33. The minimum atomic E-state index is -0.118. The molecule has 2 heterocycles. The van der Waals surface area contributed by atoms with Crippen LogP contribution in [0.5, 0.6) is 5.88 Å². The Balaban J connectivity index is 1.61. The number of rotatable bonds is 7. The molecule has 0 saturated heterocycles. The molecular weight excluding hydrogens is 342 g/mol. The lowest BCUT2D eigenvalue weighted by atomic mass is 10.1. The Hall–Kier alpha value is -3.22. The predicted molar refractivity (Wildman–Crippen MR) is 103 cm³/mol. The second kappa shape index (κ2) is 8.44. The van der Waals surface area contributed by atoms with Gasteiger partial charge >= 0.3 is 0 Å². The molecule has 3 aromatic rings. The third kappa shape index (κ3) is 4.49. The molecule has 0 radical (unpaired) electrons. The second-order valence-electron chi connectivity index (χ2n) is 6.25. The molecule has 7 nitrogen and oxygen atoms in total. The van der Waals surface area contributed by atoms with Crippen molar-refractivity contribution in [2.24, 2.45) is 0 Å². The van der Waals surface area contributed by atoms with Gasteiger partial charge in [-0.05, 0) is 38.5 Å². The molecule has 27 heavy (non-hydrogen) atoms. The van der Waals surface area contributed by atoms with Crippen LogP contribution < -0.4 is 10.1 Å². The number of carbonyl (C=O) groups is 1. The molecule has 3 rings (SSSR count). The van der Waals surface area contributed by atoms with E-state index < -0.39 is 0 Å². The molecule has 0 spiro atoms. The number of aryl methyl sites for hydroxylation is 3. The molecule has 0 bridgehead atoms. The van der Waals surface area contributed by atoms with Crippen LogP contribution in [-0.4, -0.2) is 39.3 Å². The first kappa shape index (κ1) is 18.6. The summed E-state index contributed by atoms with van der Waals surface area (Å²) in [5, 5.41) is 7.38. The fraction of sp³-hybridized carbons (Fsp3) is 0.300. The molecule has 140 valence electrons. The van der Waals surface area contributed by atoms with Gasteiger partial charge < -0.3 is 10.1 Å². The van der Waals surface area contributed by atoms with Gasteiger partial charge in [-0.2, -0.15) is 5.10 Å². The first-order chi connectivity index (χ1) is 13.1. The van der Waals surface area contributed by atoms with Gasteiger partial charge in [0.05, 0.1) is 12.8 Å². The summed E-state index contributed by atoms with van der Waals surface area (Å²) < 4.78 is 7.21. The minimum Gasteiger partial charge on any atom is -0.479 e. The topological polar surface area (TPSA) is 81.9 Å². The Kier molecular flexibility index (Phi) is 5.80. The lowest BCUT2D eigenvalue weighted by molar-refractivity contribution is 0.0952. The van der Waals surface area contributed by atoms with E-state index in [0.717, 1.165) is 29.9 Å². The fourth-order valence-corrected chi connectivity index (χ4v) is 2.91. The predicted octanol–water partition coefficient (Wildman–Crippen LogP) is 2.79. The molecule has 0 aliphatic heterocycles. The molecule has 0 saturated carbocycles. The smallest absolute Gasteiger partial charge is 0.251 e. The van der Waals surface area contributed by atoms with E-state index in [1.54, 1.807) is 31.6 Å². The van der Waals surface area contributed by atoms with Gasteiger partial charge in [0.1, 0.15) is 5.69 Å². The Bertz CT molecular complexity index is 936. The van der Waals surface area contributed by atoms with Crippen LogP contribution in [0.1, 0.15) is 28.2 Å². The van der Waals surface area contributed by atoms with Crippen molar-refractivity contribution in [3.8, 4) is 17.1 Å². The van der Waals surface area contributed by atoms with Crippen LogP contribution in [-0.2, 0) is 6.54 Å². The van der Waals surface area contributed by atoms with Crippen LogP contribution in [0.25, 0.3) is 11.3 Å². The van der Waals surface area contributed by atoms with E-state index in [1.807, 2.05) is 36.7 Å². The number of hydrogen-bond acceptors (Lipinski definition) is 5. The van der Waals surface area contributed by atoms with Crippen molar-refractivity contribution in [1.29, 1.82) is 0 Å². The Labute approximate surface area is 158 Å². The molecule has 1 N–H and O–H groups in total. The van der Waals surface area contributed by atoms with E-state index in [0.29, 0.717) is 23.7 Å². The molecule has 2 aromatic heterocycles. The zero-order valence-corrected chi connectivity index (χ0v) is 15.8. The van der Waals surface area contributed by atoms with Crippen molar-refractivity contribution < 1.29 is 9.53 Å². The molecule has 0 aliphatic rings. The lowest BCUT2D eigenvalue weighted by Crippen LogP contribution is -2.25. The van der Waals surface area contributed by atoms with E-state index in [4.69, 9.17) is 4.74 Å². The maximum Gasteiger partial charge on any atom is 0.251 e. The third-order valence-corrected chi connectivity index (χ3v) is 4.19. The number of hydrogen-bond donors (Lipinski definition) is 1. The maximum absolute atomic E-state index is 12.5. The number of aromatic nitrogens is 4. The van der Waals surface area contributed by atoms with Gasteiger partial charge in [0.2, 0.25) is 5.88 Å². The standard InChI is InChI=1S/C20H23N5O2/c1-14-12-15(2)25(24-14)11-5-8-22-19(26)17-7-4-6-16(13-17)18-20(27-3)23-10-9-21-18/h4,6-7,9-10,12-13H,5,8,11H2,1-3H3,(H,22,26). The molecule has 1 aromatic carbocycles. The van der Waals surface area contributed by atoms with Crippen molar-refractivity contribution in [2.45, 2.75) is 26.8 Å². The summed E-state index contributed by atoms with van der Waals surface area (Å²) in [6.45, 7) is 5.36. The third-order valence-electron chi connectivity index (χ3n) is 4.19. The first-order valence-electron chi connectivity index (χ1n) is 8.83. The van der Waals surface area contributed by atoms with Crippen LogP contribution in [0.2, 0.25) is 0 Å². The van der Waals surface area contributed by atoms with Crippen LogP contribution in [0, 0.1) is 13.8 Å². The van der Waals surface area contributed by atoms with Crippen LogP contribution >= 0.6 is 0 Å². The number of ether oxygens (including phenoxy) is 1.